The number of benzene rings is 1. The zero-order valence-corrected chi connectivity index (χ0v) is 15.7. The van der Waals surface area contributed by atoms with Crippen molar-refractivity contribution in [2.24, 2.45) is 5.73 Å². The standard InChI is InChI=1S/C17H22N2O4S2/c1-2-3-10-25(21,22)19-8-9-23-13(11-19)15-12-6-4-5-7-14(12)24-16(15)17(18)20/h4-7,13H,2-3,8-11H2,1H3,(H2,18,20). The molecule has 0 bridgehead atoms. The monoisotopic (exact) mass is 382 g/mol. The van der Waals surface area contributed by atoms with Gasteiger partial charge >= 0.3 is 0 Å². The molecule has 1 aromatic heterocycles. The number of thiophene rings is 1. The summed E-state index contributed by atoms with van der Waals surface area (Å²) in [4.78, 5) is 12.3. The minimum atomic E-state index is -3.32. The maximum Gasteiger partial charge on any atom is 0.259 e. The molecule has 1 atom stereocenters. The van der Waals surface area contributed by atoms with E-state index in [2.05, 4.69) is 0 Å². The van der Waals surface area contributed by atoms with Crippen molar-refractivity contribution >= 4 is 37.4 Å². The van der Waals surface area contributed by atoms with Gasteiger partial charge in [0.05, 0.1) is 23.3 Å². The van der Waals surface area contributed by atoms with Gasteiger partial charge in [0.25, 0.3) is 5.91 Å². The van der Waals surface area contributed by atoms with Crippen molar-refractivity contribution in [3.63, 3.8) is 0 Å². The van der Waals surface area contributed by atoms with Gasteiger partial charge in [-0.25, -0.2) is 8.42 Å². The van der Waals surface area contributed by atoms with E-state index in [0.29, 0.717) is 30.0 Å². The van der Waals surface area contributed by atoms with Gasteiger partial charge in [-0.1, -0.05) is 31.5 Å². The van der Waals surface area contributed by atoms with E-state index in [1.807, 2.05) is 31.2 Å². The van der Waals surface area contributed by atoms with Crippen LogP contribution in [0.1, 0.15) is 41.1 Å². The van der Waals surface area contributed by atoms with Gasteiger partial charge in [0.2, 0.25) is 10.0 Å². The Balaban J connectivity index is 1.95. The summed E-state index contributed by atoms with van der Waals surface area (Å²) in [5, 5.41) is 0.902. The molecule has 6 nitrogen and oxygen atoms in total. The first-order valence-electron chi connectivity index (χ1n) is 8.34. The summed E-state index contributed by atoms with van der Waals surface area (Å²) < 4.78 is 33.3. The first kappa shape index (κ1) is 18.3. The highest BCUT2D eigenvalue weighted by atomic mass is 32.2. The molecule has 0 spiro atoms. The fourth-order valence-electron chi connectivity index (χ4n) is 3.08. The Morgan fingerprint density at radius 1 is 1.40 bits per heavy atom. The van der Waals surface area contributed by atoms with E-state index >= 15 is 0 Å². The summed E-state index contributed by atoms with van der Waals surface area (Å²) in [6.45, 7) is 2.83. The van der Waals surface area contributed by atoms with Crippen LogP contribution < -0.4 is 5.73 Å². The second kappa shape index (κ2) is 7.41. The molecule has 0 radical (unpaired) electrons. The van der Waals surface area contributed by atoms with E-state index in [4.69, 9.17) is 10.5 Å². The quantitative estimate of drug-likeness (QED) is 0.831. The molecule has 1 aliphatic heterocycles. The second-order valence-electron chi connectivity index (χ2n) is 6.09. The lowest BCUT2D eigenvalue weighted by Crippen LogP contribution is -2.43. The minimum Gasteiger partial charge on any atom is -0.371 e. The van der Waals surface area contributed by atoms with Gasteiger partial charge in [-0.05, 0) is 17.9 Å². The number of carbonyl (C=O) groups excluding carboxylic acids is 1. The highest BCUT2D eigenvalue weighted by Crippen LogP contribution is 2.38. The summed E-state index contributed by atoms with van der Waals surface area (Å²) in [6, 6.07) is 7.63. The number of rotatable bonds is 6. The predicted octanol–water partition coefficient (Wildman–Crippen LogP) is 2.50. The third-order valence-corrected chi connectivity index (χ3v) is 7.48. The minimum absolute atomic E-state index is 0.142. The van der Waals surface area contributed by atoms with Gasteiger partial charge in [-0.2, -0.15) is 4.31 Å². The fraction of sp³-hybridized carbons (Fsp3) is 0.471. The van der Waals surface area contributed by atoms with Crippen LogP contribution >= 0.6 is 11.3 Å². The maximum atomic E-state index is 12.5. The van der Waals surface area contributed by atoms with E-state index in [9.17, 15) is 13.2 Å². The molecular formula is C17H22N2O4S2. The molecule has 1 aromatic carbocycles. The van der Waals surface area contributed by atoms with Crippen molar-refractivity contribution in [3.8, 4) is 0 Å². The summed E-state index contributed by atoms with van der Waals surface area (Å²) >= 11 is 1.33. The molecule has 2 heterocycles. The van der Waals surface area contributed by atoms with Crippen molar-refractivity contribution in [2.75, 3.05) is 25.4 Å². The fourth-order valence-corrected chi connectivity index (χ4v) is 5.81. The number of sulfonamides is 1. The zero-order chi connectivity index (χ0) is 18.0. The Morgan fingerprint density at radius 2 is 2.16 bits per heavy atom. The SMILES string of the molecule is CCCCS(=O)(=O)N1CCOC(c2c(C(N)=O)sc3ccccc23)C1. The number of unbranched alkanes of at least 4 members (excludes halogenated alkanes) is 1. The highest BCUT2D eigenvalue weighted by Gasteiger charge is 2.33. The topological polar surface area (TPSA) is 89.7 Å². The highest BCUT2D eigenvalue weighted by molar-refractivity contribution is 7.89. The lowest BCUT2D eigenvalue weighted by Gasteiger charge is -2.32. The number of hydrogen-bond donors (Lipinski definition) is 1. The van der Waals surface area contributed by atoms with Crippen molar-refractivity contribution < 1.29 is 17.9 Å². The van der Waals surface area contributed by atoms with Crippen LogP contribution in [0.5, 0.6) is 0 Å². The first-order valence-corrected chi connectivity index (χ1v) is 10.8. The molecule has 1 unspecified atom stereocenters. The van der Waals surface area contributed by atoms with Gasteiger partial charge in [0.1, 0.15) is 0 Å². The Kier molecular flexibility index (Phi) is 5.43. The van der Waals surface area contributed by atoms with E-state index in [1.165, 1.54) is 15.6 Å². The number of nitrogens with zero attached hydrogens (tertiary/aromatic N) is 1. The lowest BCUT2D eigenvalue weighted by atomic mass is 10.0. The number of carbonyl (C=O) groups is 1. The van der Waals surface area contributed by atoms with E-state index in [1.54, 1.807) is 0 Å². The van der Waals surface area contributed by atoms with Gasteiger partial charge in [0, 0.05) is 23.4 Å². The molecule has 8 heteroatoms. The summed E-state index contributed by atoms with van der Waals surface area (Å²) in [5.41, 5.74) is 6.27. The Labute approximate surface area is 151 Å². The zero-order valence-electron chi connectivity index (χ0n) is 14.1. The third-order valence-electron chi connectivity index (χ3n) is 4.36. The smallest absolute Gasteiger partial charge is 0.259 e. The summed E-state index contributed by atoms with van der Waals surface area (Å²) in [5.74, 6) is -0.366. The van der Waals surface area contributed by atoms with Crippen LogP contribution in [0, 0.1) is 0 Å². The lowest BCUT2D eigenvalue weighted by molar-refractivity contribution is -0.00188. The molecule has 0 saturated carbocycles. The molecule has 25 heavy (non-hydrogen) atoms. The maximum absolute atomic E-state index is 12.5. The average Bonchev–Trinajstić information content (AvgIpc) is 3.00. The van der Waals surface area contributed by atoms with Gasteiger partial charge in [0.15, 0.2) is 0 Å². The third kappa shape index (κ3) is 3.72. The first-order chi connectivity index (χ1) is 11.9. The molecule has 1 aliphatic rings. The van der Waals surface area contributed by atoms with Crippen molar-refractivity contribution in [3.05, 3.63) is 34.7 Å². The second-order valence-corrected chi connectivity index (χ2v) is 9.23. The van der Waals surface area contributed by atoms with Crippen LogP contribution in [0.25, 0.3) is 10.1 Å². The van der Waals surface area contributed by atoms with Crippen LogP contribution in [-0.4, -0.2) is 44.1 Å². The van der Waals surface area contributed by atoms with Crippen LogP contribution in [-0.2, 0) is 14.8 Å². The van der Waals surface area contributed by atoms with Crippen LogP contribution in [0.15, 0.2) is 24.3 Å². The van der Waals surface area contributed by atoms with Gasteiger partial charge in [-0.15, -0.1) is 11.3 Å². The van der Waals surface area contributed by atoms with E-state index in [-0.39, 0.29) is 12.3 Å². The number of amides is 1. The summed E-state index contributed by atoms with van der Waals surface area (Å²) in [7, 11) is -3.32. The van der Waals surface area contributed by atoms with Crippen molar-refractivity contribution in [1.29, 1.82) is 0 Å². The largest absolute Gasteiger partial charge is 0.371 e. The summed E-state index contributed by atoms with van der Waals surface area (Å²) in [6.07, 6.45) is 0.982. The Hall–Kier alpha value is -1.48. The number of hydrogen-bond acceptors (Lipinski definition) is 5. The molecule has 1 fully saturated rings. The molecule has 2 aromatic rings. The van der Waals surface area contributed by atoms with Crippen molar-refractivity contribution in [2.45, 2.75) is 25.9 Å². The Morgan fingerprint density at radius 3 is 2.88 bits per heavy atom. The van der Waals surface area contributed by atoms with Crippen LogP contribution in [0.2, 0.25) is 0 Å². The molecule has 136 valence electrons. The number of fused-ring (bicyclic) bond motifs is 1. The van der Waals surface area contributed by atoms with Crippen LogP contribution in [0.4, 0.5) is 0 Å². The molecular weight excluding hydrogens is 360 g/mol. The number of primary amides is 1. The molecule has 1 amide bonds. The molecule has 2 N–H and O–H groups in total. The van der Waals surface area contributed by atoms with Crippen LogP contribution in [0.3, 0.4) is 0 Å². The Bertz CT molecular complexity index is 876. The normalized spacial score (nSPS) is 19.3. The number of morpholine rings is 1. The van der Waals surface area contributed by atoms with Crippen molar-refractivity contribution in [1.82, 2.24) is 4.31 Å². The molecule has 1 saturated heterocycles. The van der Waals surface area contributed by atoms with E-state index < -0.39 is 22.0 Å². The predicted molar refractivity (Wildman–Crippen MR) is 99.3 cm³/mol. The van der Waals surface area contributed by atoms with E-state index in [0.717, 1.165) is 16.5 Å². The molecule has 3 rings (SSSR count). The number of nitrogens with two attached hydrogens (primary N) is 1. The van der Waals surface area contributed by atoms with Gasteiger partial charge in [-0.3, -0.25) is 4.79 Å². The molecule has 0 aliphatic carbocycles. The number of ether oxygens (including phenoxy) is 1. The average molecular weight is 383 g/mol. The van der Waals surface area contributed by atoms with Gasteiger partial charge < -0.3 is 10.5 Å².